The maximum absolute atomic E-state index is 12.3. The van der Waals surface area contributed by atoms with Crippen LogP contribution in [0.15, 0.2) is 24.3 Å². The van der Waals surface area contributed by atoms with Crippen molar-refractivity contribution in [3.05, 3.63) is 24.3 Å². The first-order valence-electron chi connectivity index (χ1n) is 6.78. The molecule has 0 saturated carbocycles. The number of alkyl halides is 2. The van der Waals surface area contributed by atoms with Gasteiger partial charge in [-0.3, -0.25) is 9.69 Å². The van der Waals surface area contributed by atoms with Crippen LogP contribution in [0.5, 0.6) is 5.75 Å². The molecule has 0 bridgehead atoms. The lowest BCUT2D eigenvalue weighted by molar-refractivity contribution is -0.117. The van der Waals surface area contributed by atoms with Gasteiger partial charge < -0.3 is 15.2 Å². The lowest BCUT2D eigenvalue weighted by Crippen LogP contribution is -2.38. The molecular formula is C14H18F2N2O3. The summed E-state index contributed by atoms with van der Waals surface area (Å²) in [7, 11) is 0. The van der Waals surface area contributed by atoms with Gasteiger partial charge in [0.15, 0.2) is 0 Å². The number of rotatable bonds is 6. The van der Waals surface area contributed by atoms with Crippen molar-refractivity contribution in [1.82, 2.24) is 4.90 Å². The highest BCUT2D eigenvalue weighted by molar-refractivity contribution is 5.93. The first kappa shape index (κ1) is 15.7. The van der Waals surface area contributed by atoms with Gasteiger partial charge in [0.1, 0.15) is 5.75 Å². The van der Waals surface area contributed by atoms with E-state index >= 15 is 0 Å². The van der Waals surface area contributed by atoms with Crippen molar-refractivity contribution >= 4 is 11.6 Å². The summed E-state index contributed by atoms with van der Waals surface area (Å²) in [6.45, 7) is -2.07. The number of ether oxygens (including phenoxy) is 1. The van der Waals surface area contributed by atoms with Gasteiger partial charge in [-0.25, -0.2) is 0 Å². The monoisotopic (exact) mass is 300 g/mol. The molecule has 1 aromatic rings. The second-order valence-electron chi connectivity index (χ2n) is 4.87. The number of hydrogen-bond acceptors (Lipinski definition) is 4. The number of aliphatic hydroxyl groups is 1. The Labute approximate surface area is 121 Å². The Bertz CT molecular complexity index is 485. The molecule has 0 aromatic heterocycles. The molecule has 1 atom stereocenters. The first-order valence-corrected chi connectivity index (χ1v) is 6.78. The van der Waals surface area contributed by atoms with Crippen LogP contribution in [0.3, 0.4) is 0 Å². The zero-order valence-electron chi connectivity index (χ0n) is 11.5. The molecule has 0 aliphatic carbocycles. The molecule has 1 fully saturated rings. The standard InChI is InChI=1S/C14H18F2N2O3/c15-14(16)21-12-6-2-1-5-11(12)17-13(20)8-18-7-3-4-10(18)9-19/h1-2,5-6,10,14,19H,3-4,7-9H2,(H,17,20). The summed E-state index contributed by atoms with van der Waals surface area (Å²) in [4.78, 5) is 13.9. The van der Waals surface area contributed by atoms with Crippen LogP contribution < -0.4 is 10.1 Å². The number of para-hydroxylation sites is 2. The minimum absolute atomic E-state index is 0.0108. The molecule has 1 heterocycles. The van der Waals surface area contributed by atoms with E-state index in [-0.39, 0.29) is 36.5 Å². The minimum Gasteiger partial charge on any atom is -0.433 e. The third kappa shape index (κ3) is 4.37. The van der Waals surface area contributed by atoms with E-state index in [2.05, 4.69) is 10.1 Å². The molecule has 5 nitrogen and oxygen atoms in total. The molecule has 7 heteroatoms. The predicted octanol–water partition coefficient (Wildman–Crippen LogP) is 1.68. The number of carbonyl (C=O) groups excluding carboxylic acids is 1. The largest absolute Gasteiger partial charge is 0.433 e. The lowest BCUT2D eigenvalue weighted by Gasteiger charge is -2.22. The molecule has 116 valence electrons. The Kier molecular flexibility index (Phi) is 5.46. The van der Waals surface area contributed by atoms with Gasteiger partial charge >= 0.3 is 6.61 Å². The van der Waals surface area contributed by atoms with Crippen molar-refractivity contribution in [1.29, 1.82) is 0 Å². The molecule has 1 aromatic carbocycles. The molecule has 1 aliphatic rings. The van der Waals surface area contributed by atoms with Crippen molar-refractivity contribution in [2.24, 2.45) is 0 Å². The van der Waals surface area contributed by atoms with Crippen molar-refractivity contribution in [3.8, 4) is 5.75 Å². The van der Waals surface area contributed by atoms with Gasteiger partial charge in [-0.15, -0.1) is 0 Å². The van der Waals surface area contributed by atoms with Crippen molar-refractivity contribution in [2.45, 2.75) is 25.5 Å². The third-order valence-electron chi connectivity index (χ3n) is 3.43. The fourth-order valence-corrected chi connectivity index (χ4v) is 2.45. The average molecular weight is 300 g/mol. The van der Waals surface area contributed by atoms with Crippen LogP contribution in [-0.4, -0.2) is 48.3 Å². The highest BCUT2D eigenvalue weighted by Gasteiger charge is 2.25. The summed E-state index contributed by atoms with van der Waals surface area (Å²) < 4.78 is 28.9. The summed E-state index contributed by atoms with van der Waals surface area (Å²) in [5.41, 5.74) is 0.211. The number of hydrogen-bond donors (Lipinski definition) is 2. The Balaban J connectivity index is 1.96. The third-order valence-corrected chi connectivity index (χ3v) is 3.43. The topological polar surface area (TPSA) is 61.8 Å². The maximum atomic E-state index is 12.3. The second-order valence-corrected chi connectivity index (χ2v) is 4.87. The molecule has 1 unspecified atom stereocenters. The van der Waals surface area contributed by atoms with Crippen LogP contribution in [0.2, 0.25) is 0 Å². The van der Waals surface area contributed by atoms with E-state index in [0.717, 1.165) is 19.4 Å². The van der Waals surface area contributed by atoms with Crippen molar-refractivity contribution in [2.75, 3.05) is 25.0 Å². The van der Waals surface area contributed by atoms with Gasteiger partial charge in [-0.1, -0.05) is 12.1 Å². The van der Waals surface area contributed by atoms with E-state index in [1.54, 1.807) is 12.1 Å². The minimum atomic E-state index is -2.94. The first-order chi connectivity index (χ1) is 10.1. The number of halogens is 2. The van der Waals surface area contributed by atoms with Gasteiger partial charge in [0.2, 0.25) is 5.91 Å². The number of carbonyl (C=O) groups is 1. The second kappa shape index (κ2) is 7.33. The van der Waals surface area contributed by atoms with E-state index < -0.39 is 6.61 Å². The highest BCUT2D eigenvalue weighted by Crippen LogP contribution is 2.25. The summed E-state index contributed by atoms with van der Waals surface area (Å²) in [5.74, 6) is -0.387. The van der Waals surface area contributed by atoms with Gasteiger partial charge in [0.05, 0.1) is 18.8 Å². The summed E-state index contributed by atoms with van der Waals surface area (Å²) >= 11 is 0. The van der Waals surface area contributed by atoms with Crippen LogP contribution in [0.4, 0.5) is 14.5 Å². The van der Waals surface area contributed by atoms with Crippen LogP contribution in [0.25, 0.3) is 0 Å². The van der Waals surface area contributed by atoms with Gasteiger partial charge in [-0.05, 0) is 31.5 Å². The molecular weight excluding hydrogens is 282 g/mol. The van der Waals surface area contributed by atoms with Crippen LogP contribution in [0, 0.1) is 0 Å². The average Bonchev–Trinajstić information content (AvgIpc) is 2.87. The SMILES string of the molecule is O=C(CN1CCCC1CO)Nc1ccccc1OC(F)F. The number of nitrogens with one attached hydrogen (secondary N) is 1. The van der Waals surface area contributed by atoms with Gasteiger partial charge in [0, 0.05) is 6.04 Å². The fourth-order valence-electron chi connectivity index (χ4n) is 2.45. The number of benzene rings is 1. The Hall–Kier alpha value is -1.73. The summed E-state index contributed by atoms with van der Waals surface area (Å²) in [5, 5.41) is 11.8. The molecule has 2 rings (SSSR count). The van der Waals surface area contributed by atoms with Crippen molar-refractivity contribution in [3.63, 3.8) is 0 Å². The Morgan fingerprint density at radius 3 is 2.95 bits per heavy atom. The summed E-state index contributed by atoms with van der Waals surface area (Å²) in [6, 6.07) is 6.04. The van der Waals surface area contributed by atoms with Crippen molar-refractivity contribution < 1.29 is 23.4 Å². The number of aliphatic hydroxyl groups excluding tert-OH is 1. The molecule has 0 radical (unpaired) electrons. The number of anilines is 1. The van der Waals surface area contributed by atoms with Crippen LogP contribution >= 0.6 is 0 Å². The van der Waals surface area contributed by atoms with E-state index in [1.807, 2.05) is 4.90 Å². The fraction of sp³-hybridized carbons (Fsp3) is 0.500. The zero-order chi connectivity index (χ0) is 15.2. The van der Waals surface area contributed by atoms with Gasteiger partial charge in [0.25, 0.3) is 0 Å². The van der Waals surface area contributed by atoms with Crippen LogP contribution in [0.1, 0.15) is 12.8 Å². The smallest absolute Gasteiger partial charge is 0.387 e. The van der Waals surface area contributed by atoms with E-state index in [1.165, 1.54) is 12.1 Å². The normalized spacial score (nSPS) is 19.0. The number of nitrogens with zero attached hydrogens (tertiary/aromatic N) is 1. The van der Waals surface area contributed by atoms with E-state index in [4.69, 9.17) is 0 Å². The molecule has 1 saturated heterocycles. The predicted molar refractivity (Wildman–Crippen MR) is 73.4 cm³/mol. The summed E-state index contributed by atoms with van der Waals surface area (Å²) in [6.07, 6.45) is 1.79. The molecule has 1 amide bonds. The zero-order valence-corrected chi connectivity index (χ0v) is 11.5. The van der Waals surface area contributed by atoms with E-state index in [0.29, 0.717) is 0 Å². The Morgan fingerprint density at radius 1 is 1.48 bits per heavy atom. The molecule has 1 aliphatic heterocycles. The maximum Gasteiger partial charge on any atom is 0.387 e. The molecule has 0 spiro atoms. The highest BCUT2D eigenvalue weighted by atomic mass is 19.3. The van der Waals surface area contributed by atoms with Gasteiger partial charge in [-0.2, -0.15) is 8.78 Å². The van der Waals surface area contributed by atoms with E-state index in [9.17, 15) is 18.7 Å². The quantitative estimate of drug-likeness (QED) is 0.839. The molecule has 2 N–H and O–H groups in total. The Morgan fingerprint density at radius 2 is 2.24 bits per heavy atom. The number of amides is 1. The van der Waals surface area contributed by atoms with Crippen LogP contribution in [-0.2, 0) is 4.79 Å². The number of likely N-dealkylation sites (tertiary alicyclic amines) is 1. The lowest BCUT2D eigenvalue weighted by atomic mass is 10.2. The molecule has 21 heavy (non-hydrogen) atoms.